The highest BCUT2D eigenvalue weighted by molar-refractivity contribution is 5.96. The van der Waals surface area contributed by atoms with E-state index in [-0.39, 0.29) is 18.1 Å². The van der Waals surface area contributed by atoms with E-state index in [1.165, 1.54) is 19.1 Å². The third-order valence-corrected chi connectivity index (χ3v) is 4.94. The zero-order valence-electron chi connectivity index (χ0n) is 19.2. The number of nitrogens with two attached hydrogens (primary N) is 1. The van der Waals surface area contributed by atoms with Crippen LogP contribution in [0.5, 0.6) is 5.75 Å². The molecule has 34 heavy (non-hydrogen) atoms. The van der Waals surface area contributed by atoms with E-state index in [9.17, 15) is 33.5 Å². The van der Waals surface area contributed by atoms with Gasteiger partial charge in [-0.1, -0.05) is 26.0 Å². The Labute approximate surface area is 196 Å². The van der Waals surface area contributed by atoms with Gasteiger partial charge in [-0.15, -0.1) is 0 Å². The van der Waals surface area contributed by atoms with Crippen molar-refractivity contribution in [1.82, 2.24) is 16.0 Å². The summed E-state index contributed by atoms with van der Waals surface area (Å²) in [6, 6.07) is 1.32. The summed E-state index contributed by atoms with van der Waals surface area (Å²) in [5.41, 5.74) is 6.64. The van der Waals surface area contributed by atoms with Gasteiger partial charge in [-0.3, -0.25) is 24.0 Å². The maximum atomic E-state index is 12.7. The second-order valence-corrected chi connectivity index (χ2v) is 8.20. The van der Waals surface area contributed by atoms with E-state index in [0.717, 1.165) is 0 Å². The van der Waals surface area contributed by atoms with Gasteiger partial charge in [-0.05, 0) is 37.0 Å². The molecule has 1 aromatic rings. The Morgan fingerprint density at radius 1 is 0.941 bits per heavy atom. The molecule has 0 aromatic heterocycles. The molecular formula is C22H31FN4O7. The summed E-state index contributed by atoms with van der Waals surface area (Å²) in [6.45, 7) is 3.18. The number of nitrogens with one attached hydrogen (secondary N) is 3. The monoisotopic (exact) mass is 482 g/mol. The molecule has 0 aliphatic carbocycles. The number of carbonyl (C=O) groups is 5. The summed E-state index contributed by atoms with van der Waals surface area (Å²) in [4.78, 5) is 60.0. The van der Waals surface area contributed by atoms with Gasteiger partial charge < -0.3 is 31.9 Å². The quantitative estimate of drug-likeness (QED) is 0.215. The Morgan fingerprint density at radius 3 is 2.03 bits per heavy atom. The molecule has 0 aliphatic rings. The van der Waals surface area contributed by atoms with Crippen LogP contribution in [0.15, 0.2) is 24.3 Å². The van der Waals surface area contributed by atoms with Gasteiger partial charge in [0.15, 0.2) is 5.78 Å². The molecule has 3 amide bonds. The number of hydrogen-bond donors (Lipinski definition) is 6. The van der Waals surface area contributed by atoms with Crippen LogP contribution in [0.2, 0.25) is 0 Å². The number of carboxylic acids is 1. The molecule has 1 rings (SSSR count). The molecular weight excluding hydrogens is 451 g/mol. The molecule has 0 spiro atoms. The summed E-state index contributed by atoms with van der Waals surface area (Å²) >= 11 is 0. The van der Waals surface area contributed by atoms with Crippen LogP contribution in [0.3, 0.4) is 0 Å². The summed E-state index contributed by atoms with van der Waals surface area (Å²) < 4.78 is 12.7. The molecule has 4 atom stereocenters. The van der Waals surface area contributed by atoms with Crippen LogP contribution in [0.25, 0.3) is 0 Å². The highest BCUT2D eigenvalue weighted by Crippen LogP contribution is 2.11. The molecule has 7 N–H and O–H groups in total. The van der Waals surface area contributed by atoms with Gasteiger partial charge in [0.25, 0.3) is 0 Å². The minimum Gasteiger partial charge on any atom is -0.508 e. The fraction of sp³-hybridized carbons (Fsp3) is 0.500. The Bertz CT molecular complexity index is 892. The lowest BCUT2D eigenvalue weighted by Gasteiger charge is -2.25. The number of carboxylic acid groups (broad SMARTS) is 1. The van der Waals surface area contributed by atoms with Crippen molar-refractivity contribution in [2.75, 3.05) is 6.67 Å². The van der Waals surface area contributed by atoms with E-state index >= 15 is 0 Å². The van der Waals surface area contributed by atoms with Crippen LogP contribution in [-0.4, -0.2) is 70.5 Å². The van der Waals surface area contributed by atoms with Gasteiger partial charge in [0.2, 0.25) is 17.7 Å². The number of phenols is 1. The van der Waals surface area contributed by atoms with E-state index in [0.29, 0.717) is 5.56 Å². The minimum absolute atomic E-state index is 0.0693. The number of carbonyl (C=O) groups excluding carboxylic acids is 4. The first-order valence-electron chi connectivity index (χ1n) is 10.6. The predicted molar refractivity (Wildman–Crippen MR) is 119 cm³/mol. The normalized spacial score (nSPS) is 14.4. The number of benzene rings is 1. The molecule has 11 nitrogen and oxygen atoms in total. The van der Waals surface area contributed by atoms with Gasteiger partial charge in [0.1, 0.15) is 30.5 Å². The van der Waals surface area contributed by atoms with Crippen molar-refractivity contribution < 1.29 is 38.6 Å². The van der Waals surface area contributed by atoms with Crippen molar-refractivity contribution in [3.63, 3.8) is 0 Å². The molecule has 12 heteroatoms. The number of phenolic OH excluding ortho intramolecular Hbond substituents is 1. The Kier molecular flexibility index (Phi) is 11.1. The van der Waals surface area contributed by atoms with Crippen LogP contribution in [-0.2, 0) is 30.4 Å². The van der Waals surface area contributed by atoms with Crippen molar-refractivity contribution in [1.29, 1.82) is 0 Å². The molecule has 0 radical (unpaired) electrons. The van der Waals surface area contributed by atoms with Crippen LogP contribution in [0.4, 0.5) is 4.39 Å². The zero-order chi connectivity index (χ0) is 26.0. The van der Waals surface area contributed by atoms with Gasteiger partial charge in [-0.25, -0.2) is 4.39 Å². The molecule has 0 saturated heterocycles. The van der Waals surface area contributed by atoms with E-state index in [2.05, 4.69) is 16.0 Å². The SMILES string of the molecule is CC(C)[C@H](NC(=O)[C@@H](N)Cc1ccc(O)cc1)C(=O)N[C@@H](C)C(=O)N[C@@H](CC(=O)O)C(=O)CF. The van der Waals surface area contributed by atoms with Crippen molar-refractivity contribution in [2.24, 2.45) is 11.7 Å². The summed E-state index contributed by atoms with van der Waals surface area (Å²) in [5.74, 6) is -5.02. The molecule has 0 bridgehead atoms. The smallest absolute Gasteiger partial charge is 0.305 e. The number of halogens is 1. The van der Waals surface area contributed by atoms with Gasteiger partial charge in [-0.2, -0.15) is 0 Å². The first-order valence-corrected chi connectivity index (χ1v) is 10.6. The van der Waals surface area contributed by atoms with E-state index in [1.54, 1.807) is 26.0 Å². The Morgan fingerprint density at radius 2 is 1.53 bits per heavy atom. The van der Waals surface area contributed by atoms with Crippen LogP contribution >= 0.6 is 0 Å². The van der Waals surface area contributed by atoms with Crippen molar-refractivity contribution >= 4 is 29.5 Å². The van der Waals surface area contributed by atoms with Crippen molar-refractivity contribution in [3.05, 3.63) is 29.8 Å². The average molecular weight is 483 g/mol. The third-order valence-electron chi connectivity index (χ3n) is 4.94. The highest BCUT2D eigenvalue weighted by Gasteiger charge is 2.30. The number of aromatic hydroxyl groups is 1. The third kappa shape index (κ3) is 9.14. The maximum absolute atomic E-state index is 12.7. The molecule has 0 unspecified atom stereocenters. The number of aliphatic carboxylic acids is 1. The predicted octanol–water partition coefficient (Wildman–Crippen LogP) is -0.594. The minimum atomic E-state index is -1.58. The molecule has 0 saturated carbocycles. The number of Topliss-reactive ketones (excluding diaryl/α,β-unsaturated/α-hetero) is 1. The topological polar surface area (TPSA) is 188 Å². The van der Waals surface area contributed by atoms with Crippen molar-refractivity contribution in [3.8, 4) is 5.75 Å². The maximum Gasteiger partial charge on any atom is 0.305 e. The van der Waals surface area contributed by atoms with Gasteiger partial charge in [0, 0.05) is 0 Å². The lowest BCUT2D eigenvalue weighted by atomic mass is 10.0. The van der Waals surface area contributed by atoms with Crippen LogP contribution < -0.4 is 21.7 Å². The second-order valence-electron chi connectivity index (χ2n) is 8.20. The lowest BCUT2D eigenvalue weighted by molar-refractivity contribution is -0.140. The molecule has 1 aromatic carbocycles. The number of amides is 3. The highest BCUT2D eigenvalue weighted by atomic mass is 19.1. The van der Waals surface area contributed by atoms with E-state index < -0.39 is 66.7 Å². The first kappa shape index (κ1) is 28.5. The van der Waals surface area contributed by atoms with E-state index in [1.807, 2.05) is 0 Å². The number of alkyl halides is 1. The molecule has 0 fully saturated rings. The molecule has 188 valence electrons. The molecule has 0 aliphatic heterocycles. The number of rotatable bonds is 13. The van der Waals surface area contributed by atoms with E-state index in [4.69, 9.17) is 10.8 Å². The summed E-state index contributed by atoms with van der Waals surface area (Å²) in [5, 5.41) is 25.2. The zero-order valence-corrected chi connectivity index (χ0v) is 19.2. The summed E-state index contributed by atoms with van der Waals surface area (Å²) in [6.07, 6.45) is -0.649. The van der Waals surface area contributed by atoms with Crippen LogP contribution in [0.1, 0.15) is 32.8 Å². The molecule has 0 heterocycles. The second kappa shape index (κ2) is 13.2. The van der Waals surface area contributed by atoms with Crippen molar-refractivity contribution in [2.45, 2.75) is 57.8 Å². The first-order chi connectivity index (χ1) is 15.8. The summed E-state index contributed by atoms with van der Waals surface area (Å²) in [7, 11) is 0. The fourth-order valence-corrected chi connectivity index (χ4v) is 2.95. The lowest BCUT2D eigenvalue weighted by Crippen LogP contribution is -2.58. The Hall–Kier alpha value is -3.54. The standard InChI is InChI=1S/C22H31FN4O7/c1-11(2)19(27-21(33)15(24)8-13-4-6-14(28)7-5-13)22(34)25-12(3)20(32)26-16(9-18(30)31)17(29)10-23/h4-7,11-12,15-16,19,28H,8-10,24H2,1-3H3,(H,25,34)(H,26,32)(H,27,33)(H,30,31)/t12-,15-,16-,19-/m0/s1. The fourth-order valence-electron chi connectivity index (χ4n) is 2.95. The van der Waals surface area contributed by atoms with Gasteiger partial charge >= 0.3 is 5.97 Å². The van der Waals surface area contributed by atoms with Crippen LogP contribution in [0, 0.1) is 5.92 Å². The average Bonchev–Trinajstić information content (AvgIpc) is 2.76. The largest absolute Gasteiger partial charge is 0.508 e. The number of hydrogen-bond acceptors (Lipinski definition) is 7. The van der Waals surface area contributed by atoms with Gasteiger partial charge in [0.05, 0.1) is 12.5 Å². The number of ketones is 1. The Balaban J connectivity index is 2.76.